The predicted octanol–water partition coefficient (Wildman–Crippen LogP) is 0.946. The van der Waals surface area contributed by atoms with Gasteiger partial charge >= 0.3 is 6.09 Å². The summed E-state index contributed by atoms with van der Waals surface area (Å²) in [5.74, 6) is 0. The molecule has 1 heterocycles. The van der Waals surface area contributed by atoms with E-state index < -0.39 is 11.7 Å². The van der Waals surface area contributed by atoms with E-state index in [9.17, 15) is 9.90 Å². The van der Waals surface area contributed by atoms with Crippen molar-refractivity contribution < 1.29 is 14.6 Å². The van der Waals surface area contributed by atoms with Crippen molar-refractivity contribution in [3.8, 4) is 0 Å². The molecule has 0 radical (unpaired) electrons. The van der Waals surface area contributed by atoms with E-state index in [0.29, 0.717) is 19.1 Å². The predicted molar refractivity (Wildman–Crippen MR) is 83.4 cm³/mol. The second-order valence-electron chi connectivity index (χ2n) is 6.77. The first-order valence-corrected chi connectivity index (χ1v) is 7.88. The molecule has 1 amide bonds. The first-order valence-electron chi connectivity index (χ1n) is 7.88. The molecule has 21 heavy (non-hydrogen) atoms. The minimum Gasteiger partial charge on any atom is -0.444 e. The third-order valence-corrected chi connectivity index (χ3v) is 3.25. The van der Waals surface area contributed by atoms with Gasteiger partial charge in [-0.3, -0.25) is 0 Å². The molecule has 6 heteroatoms. The van der Waals surface area contributed by atoms with Crippen LogP contribution >= 0.6 is 0 Å². The van der Waals surface area contributed by atoms with Gasteiger partial charge in [-0.15, -0.1) is 0 Å². The van der Waals surface area contributed by atoms with Gasteiger partial charge in [0.2, 0.25) is 0 Å². The van der Waals surface area contributed by atoms with Gasteiger partial charge in [-0.1, -0.05) is 0 Å². The first-order chi connectivity index (χ1) is 9.78. The zero-order chi connectivity index (χ0) is 15.9. The molecule has 1 rings (SSSR count). The van der Waals surface area contributed by atoms with Crippen molar-refractivity contribution in [1.29, 1.82) is 0 Å². The van der Waals surface area contributed by atoms with Crippen LogP contribution in [0.5, 0.6) is 0 Å². The Kier molecular flexibility index (Phi) is 7.42. The molecule has 0 aromatic rings. The molecule has 0 saturated carbocycles. The van der Waals surface area contributed by atoms with Crippen LogP contribution in [-0.2, 0) is 4.74 Å². The fourth-order valence-corrected chi connectivity index (χ4v) is 2.32. The molecule has 2 atom stereocenters. The van der Waals surface area contributed by atoms with Gasteiger partial charge < -0.3 is 25.4 Å². The number of hydrogen-bond acceptors (Lipinski definition) is 5. The topological polar surface area (TPSA) is 73.8 Å². The van der Waals surface area contributed by atoms with Gasteiger partial charge in [0.05, 0.1) is 6.10 Å². The summed E-state index contributed by atoms with van der Waals surface area (Å²) in [6.07, 6.45) is 1.51. The highest BCUT2D eigenvalue weighted by Crippen LogP contribution is 2.10. The van der Waals surface area contributed by atoms with Crippen LogP contribution in [0.25, 0.3) is 0 Å². The van der Waals surface area contributed by atoms with Crippen LogP contribution in [0.4, 0.5) is 4.79 Å². The average molecular weight is 301 g/mol. The van der Waals surface area contributed by atoms with Gasteiger partial charge in [0, 0.05) is 32.2 Å². The zero-order valence-corrected chi connectivity index (χ0v) is 13.8. The van der Waals surface area contributed by atoms with Crippen LogP contribution in [0.3, 0.4) is 0 Å². The minimum absolute atomic E-state index is 0.290. The van der Waals surface area contributed by atoms with Crippen LogP contribution in [0.1, 0.15) is 40.5 Å². The third kappa shape index (κ3) is 8.24. The molecule has 1 aliphatic rings. The molecule has 0 spiro atoms. The summed E-state index contributed by atoms with van der Waals surface area (Å²) in [4.78, 5) is 13.7. The number of hydrogen-bond donors (Lipinski definition) is 3. The van der Waals surface area contributed by atoms with Crippen molar-refractivity contribution in [3.05, 3.63) is 0 Å². The average Bonchev–Trinajstić information content (AvgIpc) is 2.83. The molecule has 6 nitrogen and oxygen atoms in total. The summed E-state index contributed by atoms with van der Waals surface area (Å²) < 4.78 is 5.37. The van der Waals surface area contributed by atoms with Crippen LogP contribution in [-0.4, -0.2) is 66.6 Å². The highest BCUT2D eigenvalue weighted by atomic mass is 16.6. The Hall–Kier alpha value is -0.850. The van der Waals surface area contributed by atoms with Crippen LogP contribution < -0.4 is 10.6 Å². The van der Waals surface area contributed by atoms with E-state index in [1.54, 1.807) is 11.8 Å². The quantitative estimate of drug-likeness (QED) is 0.611. The molecule has 3 N–H and O–H groups in total. The van der Waals surface area contributed by atoms with E-state index in [4.69, 9.17) is 4.74 Å². The van der Waals surface area contributed by atoms with Crippen LogP contribution in [0.15, 0.2) is 0 Å². The Morgan fingerprint density at radius 3 is 2.76 bits per heavy atom. The summed E-state index contributed by atoms with van der Waals surface area (Å²) in [5, 5.41) is 16.3. The highest BCUT2D eigenvalue weighted by molar-refractivity contribution is 5.68. The van der Waals surface area contributed by atoms with Crippen molar-refractivity contribution in [2.24, 2.45) is 0 Å². The Balaban J connectivity index is 2.32. The van der Waals surface area contributed by atoms with Gasteiger partial charge in [0.25, 0.3) is 0 Å². The number of ether oxygens (including phenoxy) is 1. The van der Waals surface area contributed by atoms with Gasteiger partial charge in [-0.2, -0.15) is 0 Å². The molecule has 1 fully saturated rings. The largest absolute Gasteiger partial charge is 0.444 e. The molecule has 1 aliphatic heterocycles. The molecule has 0 aromatic carbocycles. The Morgan fingerprint density at radius 1 is 1.52 bits per heavy atom. The Morgan fingerprint density at radius 2 is 2.24 bits per heavy atom. The SMILES string of the molecule is CC(O)CN(CCNCC1CCCN1)C(=O)OC(C)(C)C. The van der Waals surface area contributed by atoms with E-state index in [1.165, 1.54) is 12.8 Å². The van der Waals surface area contributed by atoms with Gasteiger partial charge in [0.1, 0.15) is 5.60 Å². The number of nitrogens with one attached hydrogen (secondary N) is 2. The van der Waals surface area contributed by atoms with E-state index in [0.717, 1.165) is 13.1 Å². The van der Waals surface area contributed by atoms with E-state index in [-0.39, 0.29) is 12.6 Å². The molecule has 0 bridgehead atoms. The van der Waals surface area contributed by atoms with Crippen molar-refractivity contribution in [2.75, 3.05) is 32.7 Å². The zero-order valence-electron chi connectivity index (χ0n) is 13.8. The van der Waals surface area contributed by atoms with Crippen LogP contribution in [0, 0.1) is 0 Å². The smallest absolute Gasteiger partial charge is 0.410 e. The lowest BCUT2D eigenvalue weighted by atomic mass is 10.2. The maximum atomic E-state index is 12.1. The van der Waals surface area contributed by atoms with Crippen molar-refractivity contribution in [1.82, 2.24) is 15.5 Å². The molecule has 1 saturated heterocycles. The van der Waals surface area contributed by atoms with Gasteiger partial charge in [-0.25, -0.2) is 4.79 Å². The van der Waals surface area contributed by atoms with Crippen LogP contribution in [0.2, 0.25) is 0 Å². The van der Waals surface area contributed by atoms with Crippen molar-refractivity contribution in [2.45, 2.75) is 58.3 Å². The monoisotopic (exact) mass is 301 g/mol. The number of carbonyl (C=O) groups is 1. The third-order valence-electron chi connectivity index (χ3n) is 3.25. The summed E-state index contributed by atoms with van der Waals surface area (Å²) in [7, 11) is 0. The number of carbonyl (C=O) groups excluding carboxylic acids is 1. The second kappa shape index (κ2) is 8.56. The number of aliphatic hydroxyl groups excluding tert-OH is 1. The molecule has 0 aliphatic carbocycles. The number of nitrogens with zero attached hydrogens (tertiary/aromatic N) is 1. The molecular formula is C15H31N3O3. The maximum absolute atomic E-state index is 12.1. The van der Waals surface area contributed by atoms with Crippen molar-refractivity contribution in [3.63, 3.8) is 0 Å². The second-order valence-corrected chi connectivity index (χ2v) is 6.77. The van der Waals surface area contributed by atoms with E-state index in [2.05, 4.69) is 10.6 Å². The lowest BCUT2D eigenvalue weighted by molar-refractivity contribution is 0.0164. The van der Waals surface area contributed by atoms with E-state index >= 15 is 0 Å². The number of rotatable bonds is 7. The summed E-state index contributed by atoms with van der Waals surface area (Å²) >= 11 is 0. The summed E-state index contributed by atoms with van der Waals surface area (Å²) in [6, 6.07) is 0.539. The Labute approximate surface area is 128 Å². The van der Waals surface area contributed by atoms with E-state index in [1.807, 2.05) is 20.8 Å². The standard InChI is InChI=1S/C15H31N3O3/c1-12(19)11-18(14(20)21-15(2,3)4)9-8-16-10-13-6-5-7-17-13/h12-13,16-17,19H,5-11H2,1-4H3. The molecule has 0 aromatic heterocycles. The van der Waals surface area contributed by atoms with Gasteiger partial charge in [-0.05, 0) is 47.1 Å². The lowest BCUT2D eigenvalue weighted by Gasteiger charge is -2.28. The fraction of sp³-hybridized carbons (Fsp3) is 0.933. The molecule has 2 unspecified atom stereocenters. The number of aliphatic hydroxyl groups is 1. The van der Waals surface area contributed by atoms with Gasteiger partial charge in [0.15, 0.2) is 0 Å². The maximum Gasteiger partial charge on any atom is 0.410 e. The minimum atomic E-state index is -0.561. The molecular weight excluding hydrogens is 270 g/mol. The highest BCUT2D eigenvalue weighted by Gasteiger charge is 2.23. The normalized spacial score (nSPS) is 20.3. The summed E-state index contributed by atoms with van der Waals surface area (Å²) in [5.41, 5.74) is -0.519. The molecule has 124 valence electrons. The Bertz CT molecular complexity index is 310. The first kappa shape index (κ1) is 18.2. The van der Waals surface area contributed by atoms with Crippen molar-refractivity contribution >= 4 is 6.09 Å². The lowest BCUT2D eigenvalue weighted by Crippen LogP contribution is -2.44. The summed E-state index contributed by atoms with van der Waals surface area (Å²) in [6.45, 7) is 10.7. The number of amides is 1. The fourth-order valence-electron chi connectivity index (χ4n) is 2.32.